The van der Waals surface area contributed by atoms with Gasteiger partial charge >= 0.3 is 0 Å². The molecule has 3 rings (SSSR count). The van der Waals surface area contributed by atoms with Crippen LogP contribution in [0.2, 0.25) is 0 Å². The Kier molecular flexibility index (Phi) is 2.97. The van der Waals surface area contributed by atoms with Gasteiger partial charge in [0.15, 0.2) is 11.6 Å². The minimum Gasteiger partial charge on any atom is -0.374 e. The zero-order chi connectivity index (χ0) is 11.7. The molecule has 0 amide bonds. The number of ether oxygens (including phenoxy) is 1. The summed E-state index contributed by atoms with van der Waals surface area (Å²) in [6.45, 7) is 1.42. The molecule has 0 N–H and O–H groups in total. The molecule has 1 saturated carbocycles. The molecular formula is C13H17FN2O. The molecule has 2 fully saturated rings. The van der Waals surface area contributed by atoms with Crippen molar-refractivity contribution in [3.05, 3.63) is 24.1 Å². The second kappa shape index (κ2) is 4.61. The standard InChI is InChI=1S/C13H17FN2O/c14-10-4-3-7-15-13(10)16-8-9-17-12-6-2-1-5-11(12)16/h3-4,7,11-12H,1-2,5-6,8-9H2. The number of nitrogens with zero attached hydrogens (tertiary/aromatic N) is 2. The van der Waals surface area contributed by atoms with E-state index in [1.807, 2.05) is 0 Å². The van der Waals surface area contributed by atoms with Gasteiger partial charge in [0.1, 0.15) is 0 Å². The summed E-state index contributed by atoms with van der Waals surface area (Å²) in [6, 6.07) is 3.43. The second-order valence-electron chi connectivity index (χ2n) is 4.76. The largest absolute Gasteiger partial charge is 0.374 e. The molecule has 4 heteroatoms. The van der Waals surface area contributed by atoms with Crippen molar-refractivity contribution in [2.45, 2.75) is 37.8 Å². The molecule has 1 saturated heterocycles. The molecule has 2 aliphatic rings. The van der Waals surface area contributed by atoms with Crippen LogP contribution in [0.4, 0.5) is 10.2 Å². The molecule has 3 nitrogen and oxygen atoms in total. The lowest BCUT2D eigenvalue weighted by molar-refractivity contribution is -0.00924. The number of pyridine rings is 1. The van der Waals surface area contributed by atoms with Gasteiger partial charge in [0, 0.05) is 12.7 Å². The Hall–Kier alpha value is -1.16. The van der Waals surface area contributed by atoms with Gasteiger partial charge < -0.3 is 9.64 Å². The van der Waals surface area contributed by atoms with Gasteiger partial charge in [-0.2, -0.15) is 0 Å². The van der Waals surface area contributed by atoms with Crippen molar-refractivity contribution >= 4 is 5.82 Å². The van der Waals surface area contributed by atoms with Crippen LogP contribution < -0.4 is 4.90 Å². The van der Waals surface area contributed by atoms with E-state index in [2.05, 4.69) is 9.88 Å². The smallest absolute Gasteiger partial charge is 0.165 e. The van der Waals surface area contributed by atoms with Crippen LogP contribution in [0.5, 0.6) is 0 Å². The first kappa shape index (κ1) is 11.0. The maximum Gasteiger partial charge on any atom is 0.165 e. The van der Waals surface area contributed by atoms with E-state index in [1.165, 1.54) is 18.9 Å². The molecule has 0 bridgehead atoms. The predicted octanol–water partition coefficient (Wildman–Crippen LogP) is 2.37. The topological polar surface area (TPSA) is 25.4 Å². The summed E-state index contributed by atoms with van der Waals surface area (Å²) in [5.74, 6) is 0.270. The van der Waals surface area contributed by atoms with Crippen molar-refractivity contribution in [1.82, 2.24) is 4.98 Å². The van der Waals surface area contributed by atoms with Crippen LogP contribution in [0, 0.1) is 5.82 Å². The summed E-state index contributed by atoms with van der Waals surface area (Å²) in [7, 11) is 0. The first-order chi connectivity index (χ1) is 8.36. The summed E-state index contributed by atoms with van der Waals surface area (Å²) in [6.07, 6.45) is 6.52. The monoisotopic (exact) mass is 236 g/mol. The number of morpholine rings is 1. The fraction of sp³-hybridized carbons (Fsp3) is 0.615. The van der Waals surface area contributed by atoms with Crippen LogP contribution in [0.25, 0.3) is 0 Å². The van der Waals surface area contributed by atoms with Gasteiger partial charge in [-0.3, -0.25) is 0 Å². The van der Waals surface area contributed by atoms with Crippen LogP contribution in [0.1, 0.15) is 25.7 Å². The summed E-state index contributed by atoms with van der Waals surface area (Å²) in [4.78, 5) is 6.29. The third-order valence-electron chi connectivity index (χ3n) is 3.74. The molecule has 92 valence electrons. The maximum atomic E-state index is 13.8. The van der Waals surface area contributed by atoms with E-state index in [4.69, 9.17) is 4.74 Å². The van der Waals surface area contributed by atoms with Crippen molar-refractivity contribution in [1.29, 1.82) is 0 Å². The molecule has 1 aliphatic carbocycles. The quantitative estimate of drug-likeness (QED) is 0.748. The number of hydrogen-bond acceptors (Lipinski definition) is 3. The highest BCUT2D eigenvalue weighted by molar-refractivity contribution is 5.42. The lowest BCUT2D eigenvalue weighted by atomic mass is 9.90. The molecule has 1 aromatic heterocycles. The number of hydrogen-bond donors (Lipinski definition) is 0. The first-order valence-corrected chi connectivity index (χ1v) is 6.35. The number of aromatic nitrogens is 1. The highest BCUT2D eigenvalue weighted by Gasteiger charge is 2.35. The lowest BCUT2D eigenvalue weighted by Crippen LogP contribution is -2.53. The molecule has 2 atom stereocenters. The van der Waals surface area contributed by atoms with Gasteiger partial charge in [-0.1, -0.05) is 12.8 Å². The minimum absolute atomic E-state index is 0.223. The number of rotatable bonds is 1. The average Bonchev–Trinajstić information content (AvgIpc) is 2.39. The summed E-state index contributed by atoms with van der Waals surface area (Å²) < 4.78 is 19.6. The van der Waals surface area contributed by atoms with Crippen molar-refractivity contribution < 1.29 is 9.13 Å². The fourth-order valence-electron chi connectivity index (χ4n) is 2.95. The lowest BCUT2D eigenvalue weighted by Gasteiger charge is -2.44. The second-order valence-corrected chi connectivity index (χ2v) is 4.76. The van der Waals surface area contributed by atoms with Crippen molar-refractivity contribution in [2.75, 3.05) is 18.1 Å². The Labute approximate surface area is 101 Å². The van der Waals surface area contributed by atoms with E-state index in [0.717, 1.165) is 19.4 Å². The third kappa shape index (κ3) is 2.02. The van der Waals surface area contributed by atoms with Gasteiger partial charge in [-0.25, -0.2) is 9.37 Å². The van der Waals surface area contributed by atoms with Crippen LogP contribution in [0.3, 0.4) is 0 Å². The first-order valence-electron chi connectivity index (χ1n) is 6.35. The Balaban J connectivity index is 1.88. The molecule has 2 heterocycles. The molecule has 1 aliphatic heterocycles. The number of anilines is 1. The summed E-state index contributed by atoms with van der Waals surface area (Å²) >= 11 is 0. The van der Waals surface area contributed by atoms with Crippen molar-refractivity contribution in [3.63, 3.8) is 0 Å². The van der Waals surface area contributed by atoms with Gasteiger partial charge in [0.05, 0.1) is 18.8 Å². The van der Waals surface area contributed by atoms with E-state index in [1.54, 1.807) is 12.3 Å². The van der Waals surface area contributed by atoms with Crippen LogP contribution in [-0.2, 0) is 4.74 Å². The molecule has 0 spiro atoms. The van der Waals surface area contributed by atoms with E-state index in [-0.39, 0.29) is 11.9 Å². The number of halogens is 1. The Bertz CT molecular complexity index is 397. The van der Waals surface area contributed by atoms with Crippen molar-refractivity contribution in [3.8, 4) is 0 Å². The fourth-order valence-corrected chi connectivity index (χ4v) is 2.95. The number of fused-ring (bicyclic) bond motifs is 1. The van der Waals surface area contributed by atoms with Crippen LogP contribution >= 0.6 is 0 Å². The van der Waals surface area contributed by atoms with E-state index >= 15 is 0 Å². The normalized spacial score (nSPS) is 28.9. The Morgan fingerprint density at radius 2 is 2.24 bits per heavy atom. The SMILES string of the molecule is Fc1cccnc1N1CCOC2CCCCC21. The Morgan fingerprint density at radius 1 is 1.35 bits per heavy atom. The Morgan fingerprint density at radius 3 is 3.12 bits per heavy atom. The van der Waals surface area contributed by atoms with Gasteiger partial charge in [0.2, 0.25) is 0 Å². The molecule has 1 aromatic rings. The summed E-state index contributed by atoms with van der Waals surface area (Å²) in [5.41, 5.74) is 0. The predicted molar refractivity (Wildman–Crippen MR) is 63.5 cm³/mol. The average molecular weight is 236 g/mol. The highest BCUT2D eigenvalue weighted by Crippen LogP contribution is 2.31. The van der Waals surface area contributed by atoms with Gasteiger partial charge in [0.25, 0.3) is 0 Å². The van der Waals surface area contributed by atoms with Crippen LogP contribution in [-0.4, -0.2) is 30.3 Å². The zero-order valence-electron chi connectivity index (χ0n) is 9.81. The van der Waals surface area contributed by atoms with Crippen molar-refractivity contribution in [2.24, 2.45) is 0 Å². The summed E-state index contributed by atoms with van der Waals surface area (Å²) in [5, 5.41) is 0. The maximum absolute atomic E-state index is 13.8. The third-order valence-corrected chi connectivity index (χ3v) is 3.74. The van der Waals surface area contributed by atoms with Crippen LogP contribution in [0.15, 0.2) is 18.3 Å². The molecule has 0 aromatic carbocycles. The van der Waals surface area contributed by atoms with E-state index in [0.29, 0.717) is 18.5 Å². The molecular weight excluding hydrogens is 219 g/mol. The van der Waals surface area contributed by atoms with E-state index < -0.39 is 0 Å². The van der Waals surface area contributed by atoms with Gasteiger partial charge in [-0.05, 0) is 25.0 Å². The highest BCUT2D eigenvalue weighted by atomic mass is 19.1. The zero-order valence-corrected chi connectivity index (χ0v) is 9.81. The minimum atomic E-state index is -0.223. The molecule has 0 radical (unpaired) electrons. The molecule has 17 heavy (non-hydrogen) atoms. The molecule has 2 unspecified atom stereocenters. The van der Waals surface area contributed by atoms with Gasteiger partial charge in [-0.15, -0.1) is 0 Å². The van der Waals surface area contributed by atoms with E-state index in [9.17, 15) is 4.39 Å².